The lowest BCUT2D eigenvalue weighted by molar-refractivity contribution is 0.245. The van der Waals surface area contributed by atoms with Crippen molar-refractivity contribution >= 4 is 0 Å². The first-order valence-electron chi connectivity index (χ1n) is 8.96. The van der Waals surface area contributed by atoms with Gasteiger partial charge in [-0.25, -0.2) is 0 Å². The highest BCUT2D eigenvalue weighted by Gasteiger charge is 2.33. The van der Waals surface area contributed by atoms with Crippen molar-refractivity contribution < 1.29 is 0 Å². The fraction of sp³-hybridized carbons (Fsp3) is 0.700. The van der Waals surface area contributed by atoms with Crippen molar-refractivity contribution in [1.29, 1.82) is 0 Å². The SMILES string of the molecule is Cc1ccc(CCC2(CCNC3CC3)CCCC2)cc1C. The molecule has 0 saturated heterocycles. The van der Waals surface area contributed by atoms with Gasteiger partial charge in [0.15, 0.2) is 0 Å². The molecule has 1 aromatic carbocycles. The van der Waals surface area contributed by atoms with E-state index in [4.69, 9.17) is 0 Å². The van der Waals surface area contributed by atoms with Crippen LogP contribution in [0.25, 0.3) is 0 Å². The van der Waals surface area contributed by atoms with E-state index in [0.29, 0.717) is 5.41 Å². The summed E-state index contributed by atoms with van der Waals surface area (Å²) in [6, 6.07) is 7.90. The molecular weight excluding hydrogens is 254 g/mol. The summed E-state index contributed by atoms with van der Waals surface area (Å²) in [5.74, 6) is 0. The van der Waals surface area contributed by atoms with Crippen LogP contribution in [-0.2, 0) is 6.42 Å². The molecule has 0 heterocycles. The highest BCUT2D eigenvalue weighted by molar-refractivity contribution is 5.30. The lowest BCUT2D eigenvalue weighted by Gasteiger charge is -2.29. The standard InChI is InChI=1S/C20H31N/c1-16-5-6-18(15-17(16)2)9-12-20(10-3-4-11-20)13-14-21-19-7-8-19/h5-6,15,19,21H,3-4,7-14H2,1-2H3. The predicted octanol–water partition coefficient (Wildman–Crippen LogP) is 4.94. The van der Waals surface area contributed by atoms with Crippen molar-refractivity contribution in [2.45, 2.75) is 77.7 Å². The summed E-state index contributed by atoms with van der Waals surface area (Å²) in [4.78, 5) is 0. The maximum Gasteiger partial charge on any atom is 0.00682 e. The average Bonchev–Trinajstić information content (AvgIpc) is 3.18. The van der Waals surface area contributed by atoms with Crippen LogP contribution in [0.15, 0.2) is 18.2 Å². The van der Waals surface area contributed by atoms with Gasteiger partial charge in [-0.3, -0.25) is 0 Å². The maximum atomic E-state index is 3.72. The molecule has 0 unspecified atom stereocenters. The molecule has 0 aromatic heterocycles. The lowest BCUT2D eigenvalue weighted by atomic mass is 9.77. The average molecular weight is 285 g/mol. The second-order valence-corrected chi connectivity index (χ2v) is 7.60. The molecular formula is C20H31N. The predicted molar refractivity (Wildman–Crippen MR) is 90.8 cm³/mol. The second-order valence-electron chi connectivity index (χ2n) is 7.60. The van der Waals surface area contributed by atoms with E-state index < -0.39 is 0 Å². The lowest BCUT2D eigenvalue weighted by Crippen LogP contribution is -2.26. The van der Waals surface area contributed by atoms with E-state index in [1.165, 1.54) is 75.5 Å². The summed E-state index contributed by atoms with van der Waals surface area (Å²) >= 11 is 0. The molecule has 0 aliphatic heterocycles. The number of benzene rings is 1. The van der Waals surface area contributed by atoms with Gasteiger partial charge in [0.25, 0.3) is 0 Å². The van der Waals surface area contributed by atoms with Crippen LogP contribution in [0.2, 0.25) is 0 Å². The van der Waals surface area contributed by atoms with E-state index in [0.717, 1.165) is 6.04 Å². The molecule has 3 rings (SSSR count). The molecule has 0 bridgehead atoms. The van der Waals surface area contributed by atoms with E-state index in [2.05, 4.69) is 37.4 Å². The Labute approximate surface area is 130 Å². The monoisotopic (exact) mass is 285 g/mol. The minimum Gasteiger partial charge on any atom is -0.314 e. The minimum atomic E-state index is 0.640. The van der Waals surface area contributed by atoms with E-state index in [1.807, 2.05) is 0 Å². The molecule has 2 fully saturated rings. The van der Waals surface area contributed by atoms with Crippen LogP contribution < -0.4 is 5.32 Å². The molecule has 0 atom stereocenters. The van der Waals surface area contributed by atoms with E-state index in [9.17, 15) is 0 Å². The number of aryl methyl sites for hydroxylation is 3. The fourth-order valence-electron chi connectivity index (χ4n) is 3.95. The fourth-order valence-corrected chi connectivity index (χ4v) is 3.95. The topological polar surface area (TPSA) is 12.0 Å². The van der Waals surface area contributed by atoms with Crippen LogP contribution in [0.1, 0.15) is 68.1 Å². The number of hydrogen-bond acceptors (Lipinski definition) is 1. The summed E-state index contributed by atoms with van der Waals surface area (Å²) in [7, 11) is 0. The van der Waals surface area contributed by atoms with Crippen LogP contribution in [-0.4, -0.2) is 12.6 Å². The molecule has 2 aliphatic carbocycles. The van der Waals surface area contributed by atoms with Crippen LogP contribution in [0, 0.1) is 19.3 Å². The van der Waals surface area contributed by atoms with Gasteiger partial charge in [0, 0.05) is 6.04 Å². The van der Waals surface area contributed by atoms with Crippen molar-refractivity contribution in [2.75, 3.05) is 6.54 Å². The zero-order valence-corrected chi connectivity index (χ0v) is 13.9. The largest absolute Gasteiger partial charge is 0.314 e. The van der Waals surface area contributed by atoms with Gasteiger partial charge in [-0.1, -0.05) is 31.0 Å². The molecule has 0 spiro atoms. The first-order valence-corrected chi connectivity index (χ1v) is 8.96. The molecule has 116 valence electrons. The van der Waals surface area contributed by atoms with Crippen molar-refractivity contribution in [1.82, 2.24) is 5.32 Å². The Hall–Kier alpha value is -0.820. The third-order valence-corrected chi connectivity index (χ3v) is 5.85. The Morgan fingerprint density at radius 2 is 1.81 bits per heavy atom. The second kappa shape index (κ2) is 6.52. The van der Waals surface area contributed by atoms with E-state index in [-0.39, 0.29) is 0 Å². The van der Waals surface area contributed by atoms with E-state index >= 15 is 0 Å². The zero-order valence-electron chi connectivity index (χ0n) is 13.9. The molecule has 0 radical (unpaired) electrons. The third kappa shape index (κ3) is 4.10. The molecule has 1 heteroatoms. The zero-order chi connectivity index (χ0) is 14.7. The molecule has 1 N–H and O–H groups in total. The van der Waals surface area contributed by atoms with Gasteiger partial charge in [-0.15, -0.1) is 0 Å². The molecule has 21 heavy (non-hydrogen) atoms. The maximum absolute atomic E-state index is 3.72. The van der Waals surface area contributed by atoms with Gasteiger partial charge in [0.2, 0.25) is 0 Å². The Morgan fingerprint density at radius 3 is 2.48 bits per heavy atom. The Kier molecular flexibility index (Phi) is 4.69. The molecule has 0 amide bonds. The molecule has 1 nitrogen and oxygen atoms in total. The summed E-state index contributed by atoms with van der Waals surface area (Å²) in [5.41, 5.74) is 5.05. The van der Waals surface area contributed by atoms with Crippen molar-refractivity contribution in [3.05, 3.63) is 34.9 Å². The number of hydrogen-bond donors (Lipinski definition) is 1. The van der Waals surface area contributed by atoms with Gasteiger partial charge in [-0.2, -0.15) is 0 Å². The highest BCUT2D eigenvalue weighted by Crippen LogP contribution is 2.44. The summed E-state index contributed by atoms with van der Waals surface area (Å²) in [6.45, 7) is 5.70. The van der Waals surface area contributed by atoms with Gasteiger partial charge < -0.3 is 5.32 Å². The summed E-state index contributed by atoms with van der Waals surface area (Å²) in [5, 5.41) is 3.72. The van der Waals surface area contributed by atoms with Gasteiger partial charge in [-0.05, 0) is 87.4 Å². The Balaban J connectivity index is 1.54. The highest BCUT2D eigenvalue weighted by atomic mass is 14.9. The quantitative estimate of drug-likeness (QED) is 0.748. The van der Waals surface area contributed by atoms with Gasteiger partial charge in [0.05, 0.1) is 0 Å². The smallest absolute Gasteiger partial charge is 0.00682 e. The molecule has 2 saturated carbocycles. The summed E-state index contributed by atoms with van der Waals surface area (Å²) < 4.78 is 0. The van der Waals surface area contributed by atoms with Crippen LogP contribution in [0.4, 0.5) is 0 Å². The normalized spacial score (nSPS) is 20.9. The number of rotatable bonds is 7. The van der Waals surface area contributed by atoms with Gasteiger partial charge >= 0.3 is 0 Å². The Bertz CT molecular complexity index is 467. The summed E-state index contributed by atoms with van der Waals surface area (Å²) in [6.07, 6.45) is 12.7. The third-order valence-electron chi connectivity index (χ3n) is 5.85. The molecule has 2 aliphatic rings. The van der Waals surface area contributed by atoms with Gasteiger partial charge in [0.1, 0.15) is 0 Å². The van der Waals surface area contributed by atoms with Crippen LogP contribution >= 0.6 is 0 Å². The van der Waals surface area contributed by atoms with E-state index in [1.54, 1.807) is 5.56 Å². The van der Waals surface area contributed by atoms with Crippen LogP contribution in [0.5, 0.6) is 0 Å². The van der Waals surface area contributed by atoms with Crippen molar-refractivity contribution in [2.24, 2.45) is 5.41 Å². The minimum absolute atomic E-state index is 0.640. The molecule has 1 aromatic rings. The first-order chi connectivity index (χ1) is 10.2. The van der Waals surface area contributed by atoms with Crippen LogP contribution in [0.3, 0.4) is 0 Å². The Morgan fingerprint density at radius 1 is 1.05 bits per heavy atom. The number of nitrogens with one attached hydrogen (secondary N) is 1. The van der Waals surface area contributed by atoms with Crippen molar-refractivity contribution in [3.8, 4) is 0 Å². The van der Waals surface area contributed by atoms with Crippen molar-refractivity contribution in [3.63, 3.8) is 0 Å². The first kappa shape index (κ1) is 15.1.